The van der Waals surface area contributed by atoms with Gasteiger partial charge in [0.15, 0.2) is 22.9 Å². The van der Waals surface area contributed by atoms with Gasteiger partial charge in [-0.15, -0.1) is 0 Å². The number of aliphatic hydroxyl groups is 1. The van der Waals surface area contributed by atoms with Crippen molar-refractivity contribution in [1.82, 2.24) is 33.7 Å². The minimum absolute atomic E-state index is 0.0465. The Morgan fingerprint density at radius 3 is 2.69 bits per heavy atom. The van der Waals surface area contributed by atoms with E-state index >= 15 is 0 Å². The fourth-order valence-corrected chi connectivity index (χ4v) is 4.52. The van der Waals surface area contributed by atoms with E-state index in [1.165, 1.54) is 24.1 Å². The molecule has 2 N–H and O–H groups in total. The largest absolute Gasteiger partial charge is 0.491 e. The molecule has 5 aromatic heterocycles. The van der Waals surface area contributed by atoms with Crippen molar-refractivity contribution in [2.24, 2.45) is 7.05 Å². The Labute approximate surface area is 217 Å². The molecule has 5 aromatic rings. The summed E-state index contributed by atoms with van der Waals surface area (Å²) in [5.74, 6) is 0.931. The van der Waals surface area contributed by atoms with E-state index in [0.717, 1.165) is 16.8 Å². The Bertz CT molecular complexity index is 1780. The Morgan fingerprint density at radius 2 is 2.00 bits per heavy atom. The number of hydrogen-bond donors (Lipinski definition) is 2. The molecule has 39 heavy (non-hydrogen) atoms. The average Bonchev–Trinajstić information content (AvgIpc) is 3.45. The predicted octanol–water partition coefficient (Wildman–Crippen LogP) is 3.43. The highest BCUT2D eigenvalue weighted by atomic mass is 19.4. The number of hydrogen-bond acceptors (Lipinski definition) is 9. The van der Waals surface area contributed by atoms with Crippen LogP contribution in [0.3, 0.4) is 0 Å². The fraction of sp³-hybridized carbons (Fsp3) is 0.292. The van der Waals surface area contributed by atoms with Gasteiger partial charge in [-0.25, -0.2) is 9.50 Å². The van der Waals surface area contributed by atoms with E-state index in [4.69, 9.17) is 9.47 Å². The summed E-state index contributed by atoms with van der Waals surface area (Å²) < 4.78 is 56.6. The molecule has 2 atom stereocenters. The molecule has 15 heteroatoms. The minimum Gasteiger partial charge on any atom is -0.491 e. The van der Waals surface area contributed by atoms with Crippen LogP contribution in [-0.4, -0.2) is 52.0 Å². The number of methoxy groups -OCH3 is 1. The van der Waals surface area contributed by atoms with Crippen LogP contribution in [0.4, 0.5) is 24.8 Å². The van der Waals surface area contributed by atoms with Crippen molar-refractivity contribution in [3.05, 3.63) is 59.2 Å². The van der Waals surface area contributed by atoms with Crippen LogP contribution in [0.2, 0.25) is 0 Å². The quantitative estimate of drug-likeness (QED) is 0.331. The number of imidazole rings is 1. The molecule has 6 rings (SSSR count). The number of fused-ring (bicyclic) bond motifs is 2. The van der Waals surface area contributed by atoms with Gasteiger partial charge in [-0.2, -0.15) is 23.3 Å². The smallest absolute Gasteiger partial charge is 0.417 e. The summed E-state index contributed by atoms with van der Waals surface area (Å²) in [4.78, 5) is 25.9. The number of aryl methyl sites for hydroxylation is 1. The van der Waals surface area contributed by atoms with Crippen molar-refractivity contribution in [3.63, 3.8) is 0 Å². The first kappa shape index (κ1) is 24.7. The summed E-state index contributed by atoms with van der Waals surface area (Å²) in [6.45, 7) is 0. The molecular weight excluding hydrogens is 521 g/mol. The van der Waals surface area contributed by atoms with E-state index < -0.39 is 29.4 Å². The standard InChI is InChI=1S/C24H21F3N8O4/c1-33-19-20(38-2)18(39-17-10-30-35-6-5-28-8-15(17)35)9-29-21(19)32-23(33)31-13-7-12(24(25,26)27)11-34(22(13)37)14-3-4-16(14)36/h5-11,14,16,36H,3-4H2,1-2H3,(H,29,31,32)/t14-,16+/m0/s1. The SMILES string of the molecule is COc1c(Oc2cnn3ccncc23)cnc2nc(Nc3cc(C(F)(F)F)cn([C@H]4CC[C@H]4O)c3=O)n(C)c12. The molecule has 0 spiro atoms. The summed E-state index contributed by atoms with van der Waals surface area (Å²) in [5, 5.41) is 16.9. The number of anilines is 2. The van der Waals surface area contributed by atoms with Gasteiger partial charge in [0, 0.05) is 25.6 Å². The number of aromatic nitrogens is 7. The monoisotopic (exact) mass is 542 g/mol. The normalized spacial score (nSPS) is 17.4. The number of nitrogens with zero attached hydrogens (tertiary/aromatic N) is 7. The molecule has 0 bridgehead atoms. The Balaban J connectivity index is 1.41. The molecular formula is C24H21F3N8O4. The van der Waals surface area contributed by atoms with E-state index in [2.05, 4.69) is 25.4 Å². The van der Waals surface area contributed by atoms with E-state index in [-0.39, 0.29) is 28.8 Å². The van der Waals surface area contributed by atoms with Gasteiger partial charge < -0.3 is 29.0 Å². The number of nitrogens with one attached hydrogen (secondary N) is 1. The zero-order valence-electron chi connectivity index (χ0n) is 20.5. The highest BCUT2D eigenvalue weighted by Crippen LogP contribution is 2.39. The highest BCUT2D eigenvalue weighted by molar-refractivity contribution is 5.85. The van der Waals surface area contributed by atoms with Crippen molar-refractivity contribution < 1.29 is 27.8 Å². The summed E-state index contributed by atoms with van der Waals surface area (Å²) >= 11 is 0. The molecule has 202 valence electrons. The molecule has 1 aliphatic rings. The summed E-state index contributed by atoms with van der Waals surface area (Å²) in [6.07, 6.45) is 3.65. The average molecular weight is 542 g/mol. The van der Waals surface area contributed by atoms with Crippen LogP contribution >= 0.6 is 0 Å². The van der Waals surface area contributed by atoms with Crippen LogP contribution in [0.25, 0.3) is 16.7 Å². The summed E-state index contributed by atoms with van der Waals surface area (Å²) in [5.41, 5.74) is -0.927. The summed E-state index contributed by atoms with van der Waals surface area (Å²) in [7, 11) is 3.02. The van der Waals surface area contributed by atoms with E-state index in [1.807, 2.05) is 0 Å². The maximum Gasteiger partial charge on any atom is 0.417 e. The van der Waals surface area contributed by atoms with Crippen LogP contribution in [0, 0.1) is 0 Å². The Morgan fingerprint density at radius 1 is 1.18 bits per heavy atom. The molecule has 0 aromatic carbocycles. The van der Waals surface area contributed by atoms with E-state index in [0.29, 0.717) is 29.6 Å². The van der Waals surface area contributed by atoms with Gasteiger partial charge in [0.25, 0.3) is 5.56 Å². The maximum atomic E-state index is 13.7. The molecule has 1 fully saturated rings. The molecule has 1 aliphatic carbocycles. The van der Waals surface area contributed by atoms with Gasteiger partial charge >= 0.3 is 6.18 Å². The molecule has 0 aliphatic heterocycles. The molecule has 1 saturated carbocycles. The van der Waals surface area contributed by atoms with Crippen molar-refractivity contribution in [3.8, 4) is 17.2 Å². The van der Waals surface area contributed by atoms with Gasteiger partial charge in [-0.05, 0) is 18.9 Å². The van der Waals surface area contributed by atoms with Crippen LogP contribution in [0.1, 0.15) is 24.4 Å². The lowest BCUT2D eigenvalue weighted by molar-refractivity contribution is -0.138. The number of pyridine rings is 2. The first-order valence-electron chi connectivity index (χ1n) is 11.8. The lowest BCUT2D eigenvalue weighted by atomic mass is 9.89. The van der Waals surface area contributed by atoms with Gasteiger partial charge in [-0.1, -0.05) is 0 Å². The first-order chi connectivity index (χ1) is 18.7. The lowest BCUT2D eigenvalue weighted by Crippen LogP contribution is -2.40. The van der Waals surface area contributed by atoms with Crippen LogP contribution in [0.15, 0.2) is 48.0 Å². The maximum absolute atomic E-state index is 13.7. The number of alkyl halides is 3. The molecule has 0 amide bonds. The highest BCUT2D eigenvalue weighted by Gasteiger charge is 2.36. The molecule has 0 radical (unpaired) electrons. The molecule has 0 saturated heterocycles. The van der Waals surface area contributed by atoms with Crippen LogP contribution in [-0.2, 0) is 13.2 Å². The number of halogens is 3. The van der Waals surface area contributed by atoms with Crippen LogP contribution < -0.4 is 20.3 Å². The third-order valence-electron chi connectivity index (χ3n) is 6.71. The van der Waals surface area contributed by atoms with Gasteiger partial charge in [-0.3, -0.25) is 9.78 Å². The third kappa shape index (κ3) is 4.10. The summed E-state index contributed by atoms with van der Waals surface area (Å²) in [6, 6.07) is -0.0147. The van der Waals surface area contributed by atoms with Gasteiger partial charge in [0.1, 0.15) is 16.7 Å². The number of aliphatic hydroxyl groups excluding tert-OH is 1. The number of ether oxygens (including phenoxy) is 2. The van der Waals surface area contributed by atoms with Crippen LogP contribution in [0.5, 0.6) is 17.2 Å². The second kappa shape index (κ2) is 8.97. The first-order valence-corrected chi connectivity index (χ1v) is 11.8. The molecule has 0 unspecified atom stereocenters. The fourth-order valence-electron chi connectivity index (χ4n) is 4.52. The Kier molecular flexibility index (Phi) is 5.67. The van der Waals surface area contributed by atoms with Crippen molar-refractivity contribution >= 4 is 28.3 Å². The van der Waals surface area contributed by atoms with Crippen molar-refractivity contribution in [1.29, 1.82) is 0 Å². The second-order valence-electron chi connectivity index (χ2n) is 9.03. The third-order valence-corrected chi connectivity index (χ3v) is 6.71. The Hall–Kier alpha value is -4.66. The van der Waals surface area contributed by atoms with E-state index in [1.54, 1.807) is 30.2 Å². The molecule has 12 nitrogen and oxygen atoms in total. The number of rotatable bonds is 6. The van der Waals surface area contributed by atoms with Crippen molar-refractivity contribution in [2.45, 2.75) is 31.2 Å². The predicted molar refractivity (Wildman–Crippen MR) is 131 cm³/mol. The van der Waals surface area contributed by atoms with Crippen molar-refractivity contribution in [2.75, 3.05) is 12.4 Å². The molecule has 5 heterocycles. The van der Waals surface area contributed by atoms with E-state index in [9.17, 15) is 23.1 Å². The van der Waals surface area contributed by atoms with Gasteiger partial charge in [0.2, 0.25) is 5.95 Å². The second-order valence-corrected chi connectivity index (χ2v) is 9.03. The lowest BCUT2D eigenvalue weighted by Gasteiger charge is -2.34. The zero-order valence-corrected chi connectivity index (χ0v) is 20.5. The van der Waals surface area contributed by atoms with Gasteiger partial charge in [0.05, 0.1) is 43.4 Å². The zero-order chi connectivity index (χ0) is 27.5. The minimum atomic E-state index is -4.71. The topological polar surface area (TPSA) is 134 Å².